The molecular formula is C14H17N3O2S. The van der Waals surface area contributed by atoms with E-state index in [4.69, 9.17) is 4.74 Å². The minimum absolute atomic E-state index is 0.164. The molecular weight excluding hydrogens is 274 g/mol. The van der Waals surface area contributed by atoms with Crippen LogP contribution >= 0.6 is 11.3 Å². The molecule has 0 saturated heterocycles. The molecule has 1 atom stereocenters. The summed E-state index contributed by atoms with van der Waals surface area (Å²) < 4.78 is 5.14. The first-order chi connectivity index (χ1) is 9.69. The highest BCUT2D eigenvalue weighted by Crippen LogP contribution is 2.20. The summed E-state index contributed by atoms with van der Waals surface area (Å²) in [5, 5.41) is 8.35. The van der Waals surface area contributed by atoms with E-state index in [1.807, 2.05) is 37.4 Å². The minimum atomic E-state index is -0.534. The van der Waals surface area contributed by atoms with Gasteiger partial charge in [0, 0.05) is 11.4 Å². The molecule has 1 aromatic heterocycles. The van der Waals surface area contributed by atoms with Crippen LogP contribution in [0.5, 0.6) is 5.75 Å². The van der Waals surface area contributed by atoms with E-state index in [0.29, 0.717) is 10.9 Å². The standard InChI is InChI=1S/C14H17N3O2S/c1-3-15-10(2)12-9-20-13(16-12)17-14(18)19-11-7-5-4-6-8-11/h4-10,15H,3H2,1-2H3,(H,16,17,18). The monoisotopic (exact) mass is 291 g/mol. The number of rotatable bonds is 5. The fourth-order valence-corrected chi connectivity index (χ4v) is 2.45. The van der Waals surface area contributed by atoms with E-state index in [1.54, 1.807) is 12.1 Å². The molecule has 0 aliphatic carbocycles. The third-order valence-corrected chi connectivity index (χ3v) is 3.41. The zero-order chi connectivity index (χ0) is 14.4. The Morgan fingerprint density at radius 1 is 1.40 bits per heavy atom. The van der Waals surface area contributed by atoms with Crippen LogP contribution in [0.2, 0.25) is 0 Å². The predicted octanol–water partition coefficient (Wildman–Crippen LogP) is 3.42. The highest BCUT2D eigenvalue weighted by molar-refractivity contribution is 7.13. The van der Waals surface area contributed by atoms with Crippen LogP contribution in [0.15, 0.2) is 35.7 Å². The molecule has 1 unspecified atom stereocenters. The summed E-state index contributed by atoms with van der Waals surface area (Å²) in [6.45, 7) is 4.95. The molecule has 0 spiro atoms. The molecule has 0 radical (unpaired) electrons. The maximum absolute atomic E-state index is 11.7. The molecule has 1 amide bonds. The molecule has 5 nitrogen and oxygen atoms in total. The number of nitrogens with one attached hydrogen (secondary N) is 2. The van der Waals surface area contributed by atoms with Gasteiger partial charge in [0.05, 0.1) is 5.69 Å². The molecule has 1 heterocycles. The molecule has 0 aliphatic rings. The average Bonchev–Trinajstić information content (AvgIpc) is 2.88. The Labute approximate surface area is 122 Å². The second-order valence-corrected chi connectivity index (χ2v) is 5.04. The Morgan fingerprint density at radius 2 is 2.15 bits per heavy atom. The van der Waals surface area contributed by atoms with Crippen LogP contribution in [-0.2, 0) is 0 Å². The molecule has 6 heteroatoms. The summed E-state index contributed by atoms with van der Waals surface area (Å²) >= 11 is 1.38. The van der Waals surface area contributed by atoms with Gasteiger partial charge < -0.3 is 10.1 Å². The first-order valence-electron chi connectivity index (χ1n) is 6.41. The topological polar surface area (TPSA) is 63.2 Å². The molecule has 2 rings (SSSR count). The highest BCUT2D eigenvalue weighted by atomic mass is 32.1. The fourth-order valence-electron chi connectivity index (χ4n) is 1.66. The number of para-hydroxylation sites is 1. The van der Waals surface area contributed by atoms with Gasteiger partial charge in [0.2, 0.25) is 0 Å². The lowest BCUT2D eigenvalue weighted by molar-refractivity contribution is 0.215. The quantitative estimate of drug-likeness (QED) is 0.886. The Hall–Kier alpha value is -1.92. The lowest BCUT2D eigenvalue weighted by atomic mass is 10.3. The van der Waals surface area contributed by atoms with Gasteiger partial charge in [-0.05, 0) is 25.6 Å². The number of ether oxygens (including phenoxy) is 1. The largest absolute Gasteiger partial charge is 0.418 e. The molecule has 0 saturated carbocycles. The van der Waals surface area contributed by atoms with Gasteiger partial charge in [-0.2, -0.15) is 0 Å². The Kier molecular flexibility index (Phi) is 5.09. The van der Waals surface area contributed by atoms with Crippen LogP contribution in [0.1, 0.15) is 25.6 Å². The number of benzene rings is 1. The van der Waals surface area contributed by atoms with Crippen LogP contribution in [0, 0.1) is 0 Å². The summed E-state index contributed by atoms with van der Waals surface area (Å²) in [4.78, 5) is 16.1. The number of carbonyl (C=O) groups is 1. The van der Waals surface area contributed by atoms with Crippen LogP contribution in [0.3, 0.4) is 0 Å². The molecule has 2 N–H and O–H groups in total. The smallest absolute Gasteiger partial charge is 0.410 e. The average molecular weight is 291 g/mol. The van der Waals surface area contributed by atoms with E-state index in [0.717, 1.165) is 12.2 Å². The first-order valence-corrected chi connectivity index (χ1v) is 7.29. The second-order valence-electron chi connectivity index (χ2n) is 4.18. The van der Waals surface area contributed by atoms with Gasteiger partial charge in [-0.3, -0.25) is 5.32 Å². The van der Waals surface area contributed by atoms with E-state index in [2.05, 4.69) is 15.6 Å². The van der Waals surface area contributed by atoms with Gasteiger partial charge in [0.15, 0.2) is 5.13 Å². The molecule has 106 valence electrons. The van der Waals surface area contributed by atoms with E-state index in [-0.39, 0.29) is 6.04 Å². The van der Waals surface area contributed by atoms with E-state index >= 15 is 0 Å². The Balaban J connectivity index is 1.92. The summed E-state index contributed by atoms with van der Waals surface area (Å²) in [6.07, 6.45) is -0.534. The first kappa shape index (κ1) is 14.5. The molecule has 0 bridgehead atoms. The van der Waals surface area contributed by atoms with Crippen molar-refractivity contribution in [2.24, 2.45) is 0 Å². The van der Waals surface area contributed by atoms with Crippen molar-refractivity contribution in [1.29, 1.82) is 0 Å². The number of hydrogen-bond acceptors (Lipinski definition) is 5. The number of hydrogen-bond donors (Lipinski definition) is 2. The molecule has 0 aliphatic heterocycles. The Bertz CT molecular complexity index is 557. The van der Waals surface area contributed by atoms with Crippen molar-refractivity contribution in [2.45, 2.75) is 19.9 Å². The molecule has 20 heavy (non-hydrogen) atoms. The lowest BCUT2D eigenvalue weighted by Crippen LogP contribution is -2.19. The van der Waals surface area contributed by atoms with Gasteiger partial charge in [0.1, 0.15) is 5.75 Å². The van der Waals surface area contributed by atoms with Gasteiger partial charge in [0.25, 0.3) is 0 Å². The van der Waals surface area contributed by atoms with Crippen molar-refractivity contribution in [3.05, 3.63) is 41.4 Å². The van der Waals surface area contributed by atoms with Crippen LogP contribution in [0.25, 0.3) is 0 Å². The van der Waals surface area contributed by atoms with Crippen molar-refractivity contribution in [2.75, 3.05) is 11.9 Å². The maximum atomic E-state index is 11.7. The van der Waals surface area contributed by atoms with Crippen molar-refractivity contribution in [3.63, 3.8) is 0 Å². The van der Waals surface area contributed by atoms with E-state index < -0.39 is 6.09 Å². The molecule has 1 aromatic carbocycles. The fraction of sp³-hybridized carbons (Fsp3) is 0.286. The number of thiazole rings is 1. The maximum Gasteiger partial charge on any atom is 0.418 e. The number of carbonyl (C=O) groups excluding carboxylic acids is 1. The zero-order valence-electron chi connectivity index (χ0n) is 11.4. The highest BCUT2D eigenvalue weighted by Gasteiger charge is 2.11. The van der Waals surface area contributed by atoms with Gasteiger partial charge >= 0.3 is 6.09 Å². The summed E-state index contributed by atoms with van der Waals surface area (Å²) in [5.74, 6) is 0.503. The summed E-state index contributed by atoms with van der Waals surface area (Å²) in [6, 6.07) is 9.09. The van der Waals surface area contributed by atoms with Gasteiger partial charge in [-0.25, -0.2) is 9.78 Å². The summed E-state index contributed by atoms with van der Waals surface area (Å²) in [7, 11) is 0. The number of anilines is 1. The van der Waals surface area contributed by atoms with Crippen LogP contribution in [-0.4, -0.2) is 17.6 Å². The van der Waals surface area contributed by atoms with Crippen molar-refractivity contribution in [1.82, 2.24) is 10.3 Å². The van der Waals surface area contributed by atoms with E-state index in [1.165, 1.54) is 11.3 Å². The number of nitrogens with zero attached hydrogens (tertiary/aromatic N) is 1. The molecule has 2 aromatic rings. The van der Waals surface area contributed by atoms with Crippen LogP contribution in [0.4, 0.5) is 9.93 Å². The normalized spacial score (nSPS) is 11.9. The van der Waals surface area contributed by atoms with Gasteiger partial charge in [-0.15, -0.1) is 11.3 Å². The third-order valence-electron chi connectivity index (χ3n) is 2.64. The molecule has 0 fully saturated rings. The predicted molar refractivity (Wildman–Crippen MR) is 80.3 cm³/mol. The third kappa shape index (κ3) is 4.04. The Morgan fingerprint density at radius 3 is 2.85 bits per heavy atom. The van der Waals surface area contributed by atoms with Crippen LogP contribution < -0.4 is 15.4 Å². The summed E-state index contributed by atoms with van der Waals surface area (Å²) in [5.41, 5.74) is 0.909. The zero-order valence-corrected chi connectivity index (χ0v) is 12.2. The van der Waals surface area contributed by atoms with Crippen molar-refractivity contribution in [3.8, 4) is 5.75 Å². The second kappa shape index (κ2) is 7.02. The van der Waals surface area contributed by atoms with Crippen molar-refractivity contribution >= 4 is 22.6 Å². The SMILES string of the molecule is CCNC(C)c1csc(NC(=O)Oc2ccccc2)n1. The minimum Gasteiger partial charge on any atom is -0.410 e. The van der Waals surface area contributed by atoms with Crippen molar-refractivity contribution < 1.29 is 9.53 Å². The van der Waals surface area contributed by atoms with E-state index in [9.17, 15) is 4.79 Å². The lowest BCUT2D eigenvalue weighted by Gasteiger charge is -2.08. The number of aromatic nitrogens is 1. The number of amides is 1. The van der Waals surface area contributed by atoms with Gasteiger partial charge in [-0.1, -0.05) is 25.1 Å².